The monoisotopic (exact) mass is 363 g/mol. The van der Waals surface area contributed by atoms with Crippen molar-refractivity contribution in [3.05, 3.63) is 52.5 Å². The fourth-order valence-corrected chi connectivity index (χ4v) is 2.85. The van der Waals surface area contributed by atoms with Gasteiger partial charge in [-0.2, -0.15) is 0 Å². The van der Waals surface area contributed by atoms with Crippen LogP contribution in [0.1, 0.15) is 24.5 Å². The molecule has 0 radical (unpaired) electrons. The topological polar surface area (TPSA) is 39.7 Å². The van der Waals surface area contributed by atoms with Crippen LogP contribution in [0.25, 0.3) is 0 Å². The second-order valence-electron chi connectivity index (χ2n) is 5.73. The van der Waals surface area contributed by atoms with Crippen molar-refractivity contribution >= 4 is 11.6 Å². The molecule has 0 spiro atoms. The van der Waals surface area contributed by atoms with Gasteiger partial charge < -0.3 is 19.5 Å². The van der Waals surface area contributed by atoms with Gasteiger partial charge in [-0.1, -0.05) is 37.1 Å². The van der Waals surface area contributed by atoms with Gasteiger partial charge in [-0.3, -0.25) is 0 Å². The van der Waals surface area contributed by atoms with E-state index in [2.05, 4.69) is 24.4 Å². The Hall–Kier alpha value is -1.91. The molecule has 0 unspecified atom stereocenters. The summed E-state index contributed by atoms with van der Waals surface area (Å²) < 4.78 is 16.9. The number of ether oxygens (including phenoxy) is 3. The van der Waals surface area contributed by atoms with Gasteiger partial charge in [-0.05, 0) is 48.9 Å². The molecule has 5 heteroatoms. The van der Waals surface area contributed by atoms with E-state index in [1.807, 2.05) is 31.3 Å². The first-order valence-electron chi connectivity index (χ1n) is 8.53. The number of methoxy groups -OCH3 is 1. The molecule has 0 saturated heterocycles. The number of halogens is 1. The zero-order valence-electron chi connectivity index (χ0n) is 15.1. The molecule has 2 aromatic carbocycles. The van der Waals surface area contributed by atoms with Crippen LogP contribution in [0.3, 0.4) is 0 Å². The highest BCUT2D eigenvalue weighted by atomic mass is 35.5. The SMILES string of the molecule is CCCc1ccc(OCCOc2c(Cl)cc(CNC)cc2OC)cc1. The second-order valence-corrected chi connectivity index (χ2v) is 6.14. The lowest BCUT2D eigenvalue weighted by atomic mass is 10.1. The molecule has 2 rings (SSSR count). The smallest absolute Gasteiger partial charge is 0.179 e. The van der Waals surface area contributed by atoms with Gasteiger partial charge in [0.1, 0.15) is 19.0 Å². The van der Waals surface area contributed by atoms with Crippen LogP contribution in [0.2, 0.25) is 5.02 Å². The van der Waals surface area contributed by atoms with Crippen LogP contribution in [0, 0.1) is 0 Å². The molecule has 0 fully saturated rings. The van der Waals surface area contributed by atoms with Crippen molar-refractivity contribution in [3.8, 4) is 17.2 Å². The number of aryl methyl sites for hydroxylation is 1. The lowest BCUT2D eigenvalue weighted by molar-refractivity contribution is 0.211. The molecule has 0 bridgehead atoms. The molecule has 2 aromatic rings. The molecule has 0 aliphatic carbocycles. The number of hydrogen-bond acceptors (Lipinski definition) is 4. The van der Waals surface area contributed by atoms with E-state index in [9.17, 15) is 0 Å². The lowest BCUT2D eigenvalue weighted by Crippen LogP contribution is -2.10. The van der Waals surface area contributed by atoms with E-state index >= 15 is 0 Å². The summed E-state index contributed by atoms with van der Waals surface area (Å²) in [6, 6.07) is 12.0. The molecule has 0 saturated carbocycles. The van der Waals surface area contributed by atoms with E-state index in [4.69, 9.17) is 25.8 Å². The van der Waals surface area contributed by atoms with E-state index < -0.39 is 0 Å². The molecular formula is C20H26ClNO3. The average molecular weight is 364 g/mol. The van der Waals surface area contributed by atoms with Crippen molar-refractivity contribution in [2.45, 2.75) is 26.3 Å². The maximum absolute atomic E-state index is 6.32. The molecule has 1 N–H and O–H groups in total. The summed E-state index contributed by atoms with van der Waals surface area (Å²) in [6.45, 7) is 3.71. The Kier molecular flexibility index (Phi) is 7.89. The molecular weight excluding hydrogens is 338 g/mol. The molecule has 0 heterocycles. The standard InChI is InChI=1S/C20H26ClNO3/c1-4-5-15-6-8-17(9-7-15)24-10-11-25-20-18(21)12-16(14-22-2)13-19(20)23-3/h6-9,12-13,22H,4-5,10-11,14H2,1-3H3. The van der Waals surface area contributed by atoms with Crippen LogP contribution >= 0.6 is 11.6 Å². The number of rotatable bonds is 10. The van der Waals surface area contributed by atoms with Crippen LogP contribution in [-0.2, 0) is 13.0 Å². The summed E-state index contributed by atoms with van der Waals surface area (Å²) >= 11 is 6.32. The van der Waals surface area contributed by atoms with Gasteiger partial charge in [0.05, 0.1) is 12.1 Å². The fourth-order valence-electron chi connectivity index (χ4n) is 2.56. The third-order valence-electron chi connectivity index (χ3n) is 3.73. The molecule has 0 amide bonds. The molecule has 0 aliphatic rings. The van der Waals surface area contributed by atoms with Crippen LogP contribution < -0.4 is 19.5 Å². The minimum Gasteiger partial charge on any atom is -0.493 e. The van der Waals surface area contributed by atoms with Gasteiger partial charge in [0.25, 0.3) is 0 Å². The Morgan fingerprint density at radius 2 is 1.72 bits per heavy atom. The minimum absolute atomic E-state index is 0.387. The van der Waals surface area contributed by atoms with Crippen LogP contribution in [0.5, 0.6) is 17.2 Å². The molecule has 0 aliphatic heterocycles. The van der Waals surface area contributed by atoms with Gasteiger partial charge in [-0.25, -0.2) is 0 Å². The Labute approximate surface area is 155 Å². The highest BCUT2D eigenvalue weighted by Gasteiger charge is 2.12. The van der Waals surface area contributed by atoms with Crippen molar-refractivity contribution in [1.82, 2.24) is 5.32 Å². The summed E-state index contributed by atoms with van der Waals surface area (Å²) in [5.74, 6) is 2.01. The predicted molar refractivity (Wildman–Crippen MR) is 102 cm³/mol. The van der Waals surface area contributed by atoms with Gasteiger partial charge in [0, 0.05) is 6.54 Å². The Balaban J connectivity index is 1.88. The zero-order chi connectivity index (χ0) is 18.1. The maximum Gasteiger partial charge on any atom is 0.179 e. The Morgan fingerprint density at radius 1 is 1.00 bits per heavy atom. The lowest BCUT2D eigenvalue weighted by Gasteiger charge is -2.14. The van der Waals surface area contributed by atoms with E-state index in [0.29, 0.717) is 36.3 Å². The number of benzene rings is 2. The summed E-state index contributed by atoms with van der Waals surface area (Å²) in [6.07, 6.45) is 2.23. The van der Waals surface area contributed by atoms with Crippen LogP contribution in [0.15, 0.2) is 36.4 Å². The molecule has 136 valence electrons. The third-order valence-corrected chi connectivity index (χ3v) is 4.01. The van der Waals surface area contributed by atoms with Gasteiger partial charge in [-0.15, -0.1) is 0 Å². The molecule has 0 aromatic heterocycles. The Morgan fingerprint density at radius 3 is 2.36 bits per heavy atom. The number of nitrogens with one attached hydrogen (secondary N) is 1. The van der Waals surface area contributed by atoms with E-state index in [-0.39, 0.29) is 0 Å². The largest absolute Gasteiger partial charge is 0.493 e. The summed E-state index contributed by atoms with van der Waals surface area (Å²) in [5, 5.41) is 3.62. The van der Waals surface area contributed by atoms with Crippen molar-refractivity contribution in [3.63, 3.8) is 0 Å². The van der Waals surface area contributed by atoms with Gasteiger partial charge in [0.2, 0.25) is 0 Å². The fraction of sp³-hybridized carbons (Fsp3) is 0.400. The molecule has 25 heavy (non-hydrogen) atoms. The zero-order valence-corrected chi connectivity index (χ0v) is 15.9. The first kappa shape index (κ1) is 19.4. The Bertz CT molecular complexity index is 659. The third kappa shape index (κ3) is 5.83. The predicted octanol–water partition coefficient (Wildman–Crippen LogP) is 4.48. The summed E-state index contributed by atoms with van der Waals surface area (Å²) in [7, 11) is 3.49. The van der Waals surface area contributed by atoms with Gasteiger partial charge in [0.15, 0.2) is 11.5 Å². The quantitative estimate of drug-likeness (QED) is 0.632. The van der Waals surface area contributed by atoms with Crippen molar-refractivity contribution in [1.29, 1.82) is 0 Å². The van der Waals surface area contributed by atoms with Crippen molar-refractivity contribution in [2.75, 3.05) is 27.4 Å². The minimum atomic E-state index is 0.387. The second kappa shape index (κ2) is 10.2. The van der Waals surface area contributed by atoms with E-state index in [1.54, 1.807) is 7.11 Å². The molecule has 0 atom stereocenters. The van der Waals surface area contributed by atoms with E-state index in [0.717, 1.165) is 24.2 Å². The maximum atomic E-state index is 6.32. The first-order chi connectivity index (χ1) is 12.2. The van der Waals surface area contributed by atoms with Crippen LogP contribution in [-0.4, -0.2) is 27.4 Å². The van der Waals surface area contributed by atoms with Crippen molar-refractivity contribution < 1.29 is 14.2 Å². The molecule has 4 nitrogen and oxygen atoms in total. The van der Waals surface area contributed by atoms with Gasteiger partial charge >= 0.3 is 0 Å². The summed E-state index contributed by atoms with van der Waals surface area (Å²) in [4.78, 5) is 0. The normalized spacial score (nSPS) is 10.6. The van der Waals surface area contributed by atoms with Crippen LogP contribution in [0.4, 0.5) is 0 Å². The first-order valence-corrected chi connectivity index (χ1v) is 8.91. The number of hydrogen-bond donors (Lipinski definition) is 1. The highest BCUT2D eigenvalue weighted by Crippen LogP contribution is 2.36. The summed E-state index contributed by atoms with van der Waals surface area (Å²) in [5.41, 5.74) is 2.37. The van der Waals surface area contributed by atoms with Crippen molar-refractivity contribution in [2.24, 2.45) is 0 Å². The van der Waals surface area contributed by atoms with E-state index in [1.165, 1.54) is 5.56 Å². The average Bonchev–Trinajstić information content (AvgIpc) is 2.61. The highest BCUT2D eigenvalue weighted by molar-refractivity contribution is 6.32.